The molecule has 0 saturated carbocycles. The van der Waals surface area contributed by atoms with E-state index in [9.17, 15) is 13.2 Å². The van der Waals surface area contributed by atoms with Gasteiger partial charge in [0.15, 0.2) is 0 Å². The standard InChI is InChI=1S/C21H25NO3S/c23-15-7-10-19-13-14-22(26(24,25)21-11-5-2-6-12-21)17-20(19)16-18-8-3-1-4-9-18/h1-6,8-9,11-12,15,19-20H,7,10,13-14,16-17H2. The SMILES string of the molecule is O=CCCC1CCN(S(=O)(=O)c2ccccc2)CC1Cc1ccccc1. The minimum absolute atomic E-state index is 0.226. The minimum atomic E-state index is -3.47. The third-order valence-corrected chi connectivity index (χ3v) is 7.11. The summed E-state index contributed by atoms with van der Waals surface area (Å²) in [6.45, 7) is 1.03. The van der Waals surface area contributed by atoms with Crippen LogP contribution in [-0.2, 0) is 21.2 Å². The molecule has 2 aromatic rings. The number of aldehydes is 1. The fraction of sp³-hybridized carbons (Fsp3) is 0.381. The van der Waals surface area contributed by atoms with E-state index < -0.39 is 10.0 Å². The molecule has 1 aliphatic rings. The van der Waals surface area contributed by atoms with Crippen LogP contribution in [0.25, 0.3) is 0 Å². The number of sulfonamides is 1. The van der Waals surface area contributed by atoms with Crippen molar-refractivity contribution in [2.24, 2.45) is 11.8 Å². The Morgan fingerprint density at radius 3 is 2.27 bits per heavy atom. The summed E-state index contributed by atoms with van der Waals surface area (Å²) in [6, 6.07) is 18.8. The molecule has 0 aromatic heterocycles. The maximum absolute atomic E-state index is 13.0. The molecular formula is C21H25NO3S. The topological polar surface area (TPSA) is 54.5 Å². The number of hydrogen-bond acceptors (Lipinski definition) is 3. The third-order valence-electron chi connectivity index (χ3n) is 5.23. The van der Waals surface area contributed by atoms with Crippen molar-refractivity contribution in [1.82, 2.24) is 4.31 Å². The fourth-order valence-electron chi connectivity index (χ4n) is 3.82. The van der Waals surface area contributed by atoms with Crippen molar-refractivity contribution >= 4 is 16.3 Å². The summed E-state index contributed by atoms with van der Waals surface area (Å²) in [6.07, 6.45) is 3.98. The number of nitrogens with zero attached hydrogens (tertiary/aromatic N) is 1. The van der Waals surface area contributed by atoms with E-state index in [-0.39, 0.29) is 5.92 Å². The molecule has 0 aliphatic carbocycles. The number of carbonyl (C=O) groups is 1. The highest BCUT2D eigenvalue weighted by molar-refractivity contribution is 7.89. The molecule has 5 heteroatoms. The van der Waals surface area contributed by atoms with Gasteiger partial charge in [-0.25, -0.2) is 8.42 Å². The van der Waals surface area contributed by atoms with Crippen molar-refractivity contribution in [3.63, 3.8) is 0 Å². The third kappa shape index (κ3) is 4.40. The second kappa shape index (κ2) is 8.60. The van der Waals surface area contributed by atoms with Crippen molar-refractivity contribution in [1.29, 1.82) is 0 Å². The maximum atomic E-state index is 13.0. The Morgan fingerprint density at radius 2 is 1.62 bits per heavy atom. The lowest BCUT2D eigenvalue weighted by Crippen LogP contribution is -2.44. The summed E-state index contributed by atoms with van der Waals surface area (Å²) >= 11 is 0. The summed E-state index contributed by atoms with van der Waals surface area (Å²) in [7, 11) is -3.47. The first-order valence-electron chi connectivity index (χ1n) is 9.14. The summed E-state index contributed by atoms with van der Waals surface area (Å²) in [4.78, 5) is 11.2. The number of rotatable bonds is 7. The van der Waals surface area contributed by atoms with Gasteiger partial charge >= 0.3 is 0 Å². The molecule has 0 radical (unpaired) electrons. The van der Waals surface area contributed by atoms with E-state index in [4.69, 9.17) is 0 Å². The minimum Gasteiger partial charge on any atom is -0.303 e. The monoisotopic (exact) mass is 371 g/mol. The van der Waals surface area contributed by atoms with Crippen molar-refractivity contribution in [3.05, 3.63) is 66.2 Å². The first-order chi connectivity index (χ1) is 12.6. The van der Waals surface area contributed by atoms with Gasteiger partial charge in [0.2, 0.25) is 10.0 Å². The smallest absolute Gasteiger partial charge is 0.243 e. The molecule has 3 rings (SSSR count). The Morgan fingerprint density at radius 1 is 0.962 bits per heavy atom. The van der Waals surface area contributed by atoms with Crippen LogP contribution in [0.1, 0.15) is 24.8 Å². The Balaban J connectivity index is 1.79. The first kappa shape index (κ1) is 18.8. The molecule has 1 saturated heterocycles. The van der Waals surface area contributed by atoms with E-state index in [1.807, 2.05) is 24.3 Å². The maximum Gasteiger partial charge on any atom is 0.243 e. The van der Waals surface area contributed by atoms with Crippen molar-refractivity contribution in [2.75, 3.05) is 13.1 Å². The average molecular weight is 372 g/mol. The number of benzene rings is 2. The predicted octanol–water partition coefficient (Wildman–Crippen LogP) is 3.54. The summed E-state index contributed by atoms with van der Waals surface area (Å²) in [5, 5.41) is 0. The van der Waals surface area contributed by atoms with E-state index >= 15 is 0 Å². The van der Waals surface area contributed by atoms with E-state index in [1.54, 1.807) is 28.6 Å². The fourth-order valence-corrected chi connectivity index (χ4v) is 5.35. The van der Waals surface area contributed by atoms with Gasteiger partial charge < -0.3 is 4.79 Å². The van der Waals surface area contributed by atoms with Crippen molar-refractivity contribution in [2.45, 2.75) is 30.6 Å². The van der Waals surface area contributed by atoms with E-state index in [0.717, 1.165) is 25.5 Å². The summed E-state index contributed by atoms with van der Waals surface area (Å²) in [5.74, 6) is 0.604. The largest absolute Gasteiger partial charge is 0.303 e. The highest BCUT2D eigenvalue weighted by atomic mass is 32.2. The molecule has 2 atom stereocenters. The Labute approximate surface area is 155 Å². The van der Waals surface area contributed by atoms with Crippen LogP contribution in [0.3, 0.4) is 0 Å². The molecule has 2 aromatic carbocycles. The zero-order valence-electron chi connectivity index (χ0n) is 14.8. The van der Waals surface area contributed by atoms with Crippen LogP contribution in [0.15, 0.2) is 65.6 Å². The normalized spacial score (nSPS) is 21.4. The molecular weight excluding hydrogens is 346 g/mol. The molecule has 4 nitrogen and oxygen atoms in total. The summed E-state index contributed by atoms with van der Waals surface area (Å²) < 4.78 is 27.6. The Kier molecular flexibility index (Phi) is 6.22. The highest BCUT2D eigenvalue weighted by Gasteiger charge is 2.35. The zero-order valence-corrected chi connectivity index (χ0v) is 15.6. The molecule has 0 spiro atoms. The lowest BCUT2D eigenvalue weighted by molar-refractivity contribution is -0.108. The number of piperidine rings is 1. The molecule has 2 unspecified atom stereocenters. The van der Waals surface area contributed by atoms with Gasteiger partial charge in [-0.05, 0) is 48.8 Å². The predicted molar refractivity (Wildman–Crippen MR) is 102 cm³/mol. The van der Waals surface area contributed by atoms with Gasteiger partial charge in [-0.1, -0.05) is 48.5 Å². The molecule has 0 N–H and O–H groups in total. The highest BCUT2D eigenvalue weighted by Crippen LogP contribution is 2.32. The van der Waals surface area contributed by atoms with Crippen LogP contribution in [0, 0.1) is 11.8 Å². The quantitative estimate of drug-likeness (QED) is 0.700. The van der Waals surface area contributed by atoms with Gasteiger partial charge in [0.25, 0.3) is 0 Å². The van der Waals surface area contributed by atoms with Crippen LogP contribution in [0.4, 0.5) is 0 Å². The zero-order chi connectivity index (χ0) is 18.4. The summed E-state index contributed by atoms with van der Waals surface area (Å²) in [5.41, 5.74) is 1.22. The van der Waals surface area contributed by atoms with Crippen LogP contribution in [0.5, 0.6) is 0 Å². The molecule has 0 amide bonds. The molecule has 1 fully saturated rings. The first-order valence-corrected chi connectivity index (χ1v) is 10.6. The molecule has 0 bridgehead atoms. The van der Waals surface area contributed by atoms with Crippen molar-refractivity contribution < 1.29 is 13.2 Å². The van der Waals surface area contributed by atoms with E-state index in [0.29, 0.717) is 30.3 Å². The molecule has 138 valence electrons. The molecule has 1 aliphatic heterocycles. The van der Waals surface area contributed by atoms with Gasteiger partial charge in [0.05, 0.1) is 4.90 Å². The average Bonchev–Trinajstić information content (AvgIpc) is 2.68. The van der Waals surface area contributed by atoms with Crippen LogP contribution >= 0.6 is 0 Å². The molecule has 26 heavy (non-hydrogen) atoms. The van der Waals surface area contributed by atoms with Crippen molar-refractivity contribution in [3.8, 4) is 0 Å². The van der Waals surface area contributed by atoms with Gasteiger partial charge in [0, 0.05) is 19.5 Å². The number of carbonyl (C=O) groups excluding carboxylic acids is 1. The van der Waals surface area contributed by atoms with Gasteiger partial charge in [0.1, 0.15) is 6.29 Å². The number of hydrogen-bond donors (Lipinski definition) is 0. The van der Waals surface area contributed by atoms with E-state index in [2.05, 4.69) is 12.1 Å². The van der Waals surface area contributed by atoms with Crippen LogP contribution in [0.2, 0.25) is 0 Å². The lowest BCUT2D eigenvalue weighted by Gasteiger charge is -2.38. The lowest BCUT2D eigenvalue weighted by atomic mass is 9.80. The van der Waals surface area contributed by atoms with E-state index in [1.165, 1.54) is 5.56 Å². The van der Waals surface area contributed by atoms with Gasteiger partial charge in [-0.15, -0.1) is 0 Å². The second-order valence-electron chi connectivity index (χ2n) is 6.92. The second-order valence-corrected chi connectivity index (χ2v) is 8.86. The van der Waals surface area contributed by atoms with Gasteiger partial charge in [-0.3, -0.25) is 0 Å². The Bertz CT molecular complexity index is 806. The Hall–Kier alpha value is -1.98. The van der Waals surface area contributed by atoms with Gasteiger partial charge in [-0.2, -0.15) is 4.31 Å². The van der Waals surface area contributed by atoms with Crippen LogP contribution < -0.4 is 0 Å². The van der Waals surface area contributed by atoms with Crippen LogP contribution in [-0.4, -0.2) is 32.1 Å². The molecule has 1 heterocycles.